The van der Waals surface area contributed by atoms with Crippen molar-refractivity contribution in [2.45, 2.75) is 51.7 Å². The molecule has 2 N–H and O–H groups in total. The molecule has 0 bridgehead atoms. The van der Waals surface area contributed by atoms with E-state index in [-0.39, 0.29) is 6.03 Å². The zero-order valence-electron chi connectivity index (χ0n) is 13.3. The quantitative estimate of drug-likeness (QED) is 0.887. The lowest BCUT2D eigenvalue weighted by Gasteiger charge is -2.16. The lowest BCUT2D eigenvalue weighted by molar-refractivity contribution is -0.0431. The first-order valence-corrected chi connectivity index (χ1v) is 8.09. The molecule has 3 rings (SSSR count). The van der Waals surface area contributed by atoms with E-state index in [1.807, 2.05) is 26.0 Å². The van der Waals surface area contributed by atoms with Crippen molar-refractivity contribution in [2.75, 3.05) is 11.9 Å². The van der Waals surface area contributed by atoms with E-state index in [9.17, 15) is 4.79 Å². The van der Waals surface area contributed by atoms with Gasteiger partial charge in [0.2, 0.25) is 5.79 Å². The van der Waals surface area contributed by atoms with Crippen LogP contribution in [0.5, 0.6) is 11.5 Å². The standard InChI is InChI=1S/C17H24N2O3/c1-17(2)21-14-8-7-13(11-15(14)22-17)19-16(20)18-10-9-12-5-3-4-6-12/h7-8,11-12H,3-6,9-10H2,1-2H3,(H2,18,19,20). The molecule has 5 heteroatoms. The highest BCUT2D eigenvalue weighted by molar-refractivity contribution is 5.89. The van der Waals surface area contributed by atoms with Crippen molar-refractivity contribution in [3.63, 3.8) is 0 Å². The molecule has 0 saturated heterocycles. The van der Waals surface area contributed by atoms with Crippen LogP contribution in [0.15, 0.2) is 18.2 Å². The van der Waals surface area contributed by atoms with E-state index in [1.165, 1.54) is 25.7 Å². The predicted molar refractivity (Wildman–Crippen MR) is 85.4 cm³/mol. The molecule has 2 amide bonds. The number of carbonyl (C=O) groups is 1. The SMILES string of the molecule is CC1(C)Oc2ccc(NC(=O)NCCC3CCCC3)cc2O1. The summed E-state index contributed by atoms with van der Waals surface area (Å²) in [5.41, 5.74) is 0.707. The summed E-state index contributed by atoms with van der Waals surface area (Å²) in [5.74, 6) is 1.50. The van der Waals surface area contributed by atoms with E-state index in [0.29, 0.717) is 17.2 Å². The van der Waals surface area contributed by atoms with Crippen LogP contribution in [-0.2, 0) is 0 Å². The number of hydrogen-bond donors (Lipinski definition) is 2. The number of nitrogens with one attached hydrogen (secondary N) is 2. The summed E-state index contributed by atoms with van der Waals surface area (Å²) in [6.07, 6.45) is 6.36. The van der Waals surface area contributed by atoms with Gasteiger partial charge in [-0.3, -0.25) is 0 Å². The Kier molecular flexibility index (Phi) is 4.14. The van der Waals surface area contributed by atoms with Gasteiger partial charge in [-0.1, -0.05) is 25.7 Å². The van der Waals surface area contributed by atoms with Crippen LogP contribution in [0.1, 0.15) is 46.0 Å². The molecule has 2 aliphatic rings. The summed E-state index contributed by atoms with van der Waals surface area (Å²) >= 11 is 0. The van der Waals surface area contributed by atoms with E-state index >= 15 is 0 Å². The van der Waals surface area contributed by atoms with Crippen molar-refractivity contribution >= 4 is 11.7 Å². The van der Waals surface area contributed by atoms with E-state index in [1.54, 1.807) is 6.07 Å². The zero-order chi connectivity index (χ0) is 15.6. The fraction of sp³-hybridized carbons (Fsp3) is 0.588. The molecule has 0 radical (unpaired) electrons. The molecule has 5 nitrogen and oxygen atoms in total. The first-order chi connectivity index (χ1) is 10.5. The van der Waals surface area contributed by atoms with Crippen molar-refractivity contribution < 1.29 is 14.3 Å². The molecule has 22 heavy (non-hydrogen) atoms. The number of rotatable bonds is 4. The van der Waals surface area contributed by atoms with Gasteiger partial charge in [-0.15, -0.1) is 0 Å². The maximum absolute atomic E-state index is 11.9. The molecular formula is C17H24N2O3. The number of urea groups is 1. The van der Waals surface area contributed by atoms with Crippen LogP contribution in [-0.4, -0.2) is 18.4 Å². The Morgan fingerprint density at radius 1 is 1.23 bits per heavy atom. The van der Waals surface area contributed by atoms with Crippen LogP contribution in [0.4, 0.5) is 10.5 Å². The van der Waals surface area contributed by atoms with E-state index < -0.39 is 5.79 Å². The second-order valence-electron chi connectivity index (χ2n) is 6.59. The lowest BCUT2D eigenvalue weighted by Crippen LogP contribution is -2.30. The van der Waals surface area contributed by atoms with Crippen LogP contribution in [0.25, 0.3) is 0 Å². The molecular weight excluding hydrogens is 280 g/mol. The third kappa shape index (κ3) is 3.64. The van der Waals surface area contributed by atoms with Gasteiger partial charge < -0.3 is 20.1 Å². The van der Waals surface area contributed by atoms with Crippen LogP contribution in [0.2, 0.25) is 0 Å². The second kappa shape index (κ2) is 6.07. The minimum atomic E-state index is -0.648. The van der Waals surface area contributed by atoms with Gasteiger partial charge in [0.15, 0.2) is 11.5 Å². The van der Waals surface area contributed by atoms with Crippen molar-refractivity contribution in [1.29, 1.82) is 0 Å². The Labute approximate surface area is 131 Å². The van der Waals surface area contributed by atoms with Gasteiger partial charge in [0.1, 0.15) is 0 Å². The van der Waals surface area contributed by atoms with E-state index in [2.05, 4.69) is 10.6 Å². The minimum absolute atomic E-state index is 0.170. The summed E-state index contributed by atoms with van der Waals surface area (Å²) in [5, 5.41) is 5.76. The van der Waals surface area contributed by atoms with Crippen LogP contribution in [0.3, 0.4) is 0 Å². The normalized spacial score (nSPS) is 19.2. The summed E-state index contributed by atoms with van der Waals surface area (Å²) in [4.78, 5) is 11.9. The first-order valence-electron chi connectivity index (χ1n) is 8.09. The smallest absolute Gasteiger partial charge is 0.319 e. The van der Waals surface area contributed by atoms with E-state index in [4.69, 9.17) is 9.47 Å². The molecule has 1 heterocycles. The van der Waals surface area contributed by atoms with Crippen LogP contribution in [0, 0.1) is 5.92 Å². The average molecular weight is 304 g/mol. The maximum Gasteiger partial charge on any atom is 0.319 e. The molecule has 0 unspecified atom stereocenters. The van der Waals surface area contributed by atoms with Crippen molar-refractivity contribution in [1.82, 2.24) is 5.32 Å². The van der Waals surface area contributed by atoms with Gasteiger partial charge in [0, 0.05) is 32.1 Å². The third-order valence-corrected chi connectivity index (χ3v) is 4.23. The lowest BCUT2D eigenvalue weighted by atomic mass is 10.0. The zero-order valence-corrected chi connectivity index (χ0v) is 13.3. The molecule has 120 valence electrons. The summed E-state index contributed by atoms with van der Waals surface area (Å²) in [6.45, 7) is 4.44. The van der Waals surface area contributed by atoms with E-state index in [0.717, 1.165) is 18.9 Å². The Bertz CT molecular complexity index is 551. The number of carbonyl (C=O) groups excluding carboxylic acids is 1. The molecule has 0 aromatic heterocycles. The number of hydrogen-bond acceptors (Lipinski definition) is 3. The molecule has 1 aromatic carbocycles. The molecule has 1 fully saturated rings. The Hall–Kier alpha value is -1.91. The van der Waals surface area contributed by atoms with Gasteiger partial charge in [-0.25, -0.2) is 4.79 Å². The maximum atomic E-state index is 11.9. The number of ether oxygens (including phenoxy) is 2. The number of amides is 2. The van der Waals surface area contributed by atoms with Gasteiger partial charge in [-0.2, -0.15) is 0 Å². The van der Waals surface area contributed by atoms with Gasteiger partial charge >= 0.3 is 6.03 Å². The number of fused-ring (bicyclic) bond motifs is 1. The molecule has 1 aliphatic heterocycles. The third-order valence-electron chi connectivity index (χ3n) is 4.23. The van der Waals surface area contributed by atoms with Gasteiger partial charge in [0.25, 0.3) is 0 Å². The largest absolute Gasteiger partial charge is 0.449 e. The molecule has 0 spiro atoms. The van der Waals surface area contributed by atoms with Crippen LogP contribution >= 0.6 is 0 Å². The van der Waals surface area contributed by atoms with Crippen LogP contribution < -0.4 is 20.1 Å². The Morgan fingerprint density at radius 3 is 2.73 bits per heavy atom. The van der Waals surface area contributed by atoms with Crippen molar-refractivity contribution in [2.24, 2.45) is 5.92 Å². The molecule has 1 aromatic rings. The minimum Gasteiger partial charge on any atom is -0.449 e. The average Bonchev–Trinajstić information content (AvgIpc) is 3.04. The highest BCUT2D eigenvalue weighted by atomic mass is 16.7. The fourth-order valence-electron chi connectivity index (χ4n) is 3.16. The predicted octanol–water partition coefficient (Wildman–Crippen LogP) is 3.90. The molecule has 1 aliphatic carbocycles. The molecule has 0 atom stereocenters. The Balaban J connectivity index is 1.48. The van der Waals surface area contributed by atoms with Gasteiger partial charge in [0.05, 0.1) is 0 Å². The van der Waals surface area contributed by atoms with Crippen molar-refractivity contribution in [3.8, 4) is 11.5 Å². The first kappa shape index (κ1) is 15.0. The molecule has 1 saturated carbocycles. The topological polar surface area (TPSA) is 59.6 Å². The monoisotopic (exact) mass is 304 g/mol. The summed E-state index contributed by atoms with van der Waals surface area (Å²) < 4.78 is 11.3. The number of anilines is 1. The number of benzene rings is 1. The highest BCUT2D eigenvalue weighted by Gasteiger charge is 2.31. The second-order valence-corrected chi connectivity index (χ2v) is 6.59. The Morgan fingerprint density at radius 2 is 1.95 bits per heavy atom. The summed E-state index contributed by atoms with van der Waals surface area (Å²) in [6, 6.07) is 5.26. The summed E-state index contributed by atoms with van der Waals surface area (Å²) in [7, 11) is 0. The fourth-order valence-corrected chi connectivity index (χ4v) is 3.16. The van der Waals surface area contributed by atoms with Crippen molar-refractivity contribution in [3.05, 3.63) is 18.2 Å². The van der Waals surface area contributed by atoms with Gasteiger partial charge in [-0.05, 0) is 24.5 Å². The highest BCUT2D eigenvalue weighted by Crippen LogP contribution is 2.40.